The van der Waals surface area contributed by atoms with Crippen molar-refractivity contribution in [2.45, 2.75) is 45.3 Å². The molecule has 0 saturated heterocycles. The zero-order chi connectivity index (χ0) is 20.9. The highest BCUT2D eigenvalue weighted by molar-refractivity contribution is 5.72. The lowest BCUT2D eigenvalue weighted by atomic mass is 9.57. The average Bonchev–Trinajstić information content (AvgIpc) is 3.14. The molecule has 0 spiro atoms. The Morgan fingerprint density at radius 2 is 1.90 bits per heavy atom. The van der Waals surface area contributed by atoms with Crippen molar-refractivity contribution in [2.75, 3.05) is 0 Å². The van der Waals surface area contributed by atoms with E-state index in [1.54, 1.807) is 24.5 Å². The van der Waals surface area contributed by atoms with Gasteiger partial charge in [0, 0.05) is 35.8 Å². The van der Waals surface area contributed by atoms with Crippen molar-refractivity contribution in [3.05, 3.63) is 77.8 Å². The van der Waals surface area contributed by atoms with Crippen LogP contribution in [0.2, 0.25) is 0 Å². The summed E-state index contributed by atoms with van der Waals surface area (Å²) >= 11 is 0. The smallest absolute Gasteiger partial charge is 0.123 e. The molecular weight excluding hydrogens is 377 g/mol. The van der Waals surface area contributed by atoms with Gasteiger partial charge in [-0.25, -0.2) is 9.37 Å². The molecule has 0 radical (unpaired) electrons. The fourth-order valence-electron chi connectivity index (χ4n) is 5.58. The molecule has 1 saturated carbocycles. The van der Waals surface area contributed by atoms with E-state index in [9.17, 15) is 9.50 Å². The van der Waals surface area contributed by atoms with Crippen LogP contribution < -0.4 is 0 Å². The molecule has 0 unspecified atom stereocenters. The summed E-state index contributed by atoms with van der Waals surface area (Å²) in [5.41, 5.74) is 4.03. The molecule has 1 aliphatic heterocycles. The monoisotopic (exact) mass is 403 g/mol. The van der Waals surface area contributed by atoms with Crippen LogP contribution in [0.4, 0.5) is 4.39 Å². The van der Waals surface area contributed by atoms with Crippen LogP contribution in [0.3, 0.4) is 0 Å². The quantitative estimate of drug-likeness (QED) is 0.654. The van der Waals surface area contributed by atoms with Crippen LogP contribution in [0.25, 0.3) is 17.3 Å². The van der Waals surface area contributed by atoms with Crippen LogP contribution in [0, 0.1) is 17.2 Å². The van der Waals surface area contributed by atoms with Gasteiger partial charge in [0.05, 0.1) is 23.3 Å². The molecule has 1 aliphatic carbocycles. The highest BCUT2D eigenvalue weighted by atomic mass is 19.1. The molecule has 3 heterocycles. The van der Waals surface area contributed by atoms with Crippen molar-refractivity contribution in [2.24, 2.45) is 11.3 Å². The van der Waals surface area contributed by atoms with Gasteiger partial charge in [0.2, 0.25) is 0 Å². The van der Waals surface area contributed by atoms with Gasteiger partial charge in [0.15, 0.2) is 0 Å². The van der Waals surface area contributed by atoms with Crippen LogP contribution in [0.5, 0.6) is 0 Å². The van der Waals surface area contributed by atoms with Crippen LogP contribution in [-0.2, 0) is 12.1 Å². The van der Waals surface area contributed by atoms with E-state index < -0.39 is 5.60 Å². The Kier molecular flexibility index (Phi) is 4.40. The third-order valence-electron chi connectivity index (χ3n) is 7.19. The summed E-state index contributed by atoms with van der Waals surface area (Å²) in [6.45, 7) is 4.99. The van der Waals surface area contributed by atoms with Crippen molar-refractivity contribution in [3.8, 4) is 11.3 Å². The minimum absolute atomic E-state index is 0.0808. The molecular formula is C25H26FN3O. The second-order valence-corrected chi connectivity index (χ2v) is 9.03. The van der Waals surface area contributed by atoms with E-state index in [1.165, 1.54) is 17.7 Å². The first-order valence-electron chi connectivity index (χ1n) is 10.5. The fraction of sp³-hybridized carbons (Fsp3) is 0.360. The van der Waals surface area contributed by atoms with E-state index in [0.29, 0.717) is 0 Å². The number of halogens is 1. The number of pyridine rings is 1. The molecule has 0 bridgehead atoms. The predicted molar refractivity (Wildman–Crippen MR) is 115 cm³/mol. The molecule has 3 atom stereocenters. The number of allylic oxidation sites excluding steroid dienone is 1. The normalized spacial score (nSPS) is 25.1. The maximum Gasteiger partial charge on any atom is 0.123 e. The zero-order valence-electron chi connectivity index (χ0n) is 17.3. The number of benzene rings is 1. The van der Waals surface area contributed by atoms with Crippen LogP contribution in [0.15, 0.2) is 60.7 Å². The maximum absolute atomic E-state index is 13.4. The number of hydrogen-bond donors (Lipinski definition) is 1. The zero-order valence-corrected chi connectivity index (χ0v) is 17.3. The molecule has 0 amide bonds. The van der Waals surface area contributed by atoms with Crippen molar-refractivity contribution < 1.29 is 9.50 Å². The lowest BCUT2D eigenvalue weighted by Gasteiger charge is -2.51. The largest absolute Gasteiger partial charge is 0.385 e. The Bertz CT molecular complexity index is 1100. The summed E-state index contributed by atoms with van der Waals surface area (Å²) in [5.74, 6) is -0.163. The number of imidazole rings is 1. The lowest BCUT2D eigenvalue weighted by molar-refractivity contribution is -0.0713. The predicted octanol–water partition coefficient (Wildman–Crippen LogP) is 5.20. The number of aromatic nitrogens is 3. The number of fused-ring (bicyclic) bond motifs is 2. The Morgan fingerprint density at radius 1 is 1.17 bits per heavy atom. The van der Waals surface area contributed by atoms with Crippen LogP contribution in [-0.4, -0.2) is 19.6 Å². The topological polar surface area (TPSA) is 50.9 Å². The number of aliphatic hydroxyl groups is 1. The van der Waals surface area contributed by atoms with Crippen molar-refractivity contribution in [1.29, 1.82) is 0 Å². The first-order chi connectivity index (χ1) is 14.4. The first-order valence-corrected chi connectivity index (χ1v) is 10.5. The van der Waals surface area contributed by atoms with Gasteiger partial charge >= 0.3 is 0 Å². The van der Waals surface area contributed by atoms with Crippen LogP contribution >= 0.6 is 0 Å². The van der Waals surface area contributed by atoms with Crippen molar-refractivity contribution in [3.63, 3.8) is 0 Å². The third-order valence-corrected chi connectivity index (χ3v) is 7.19. The lowest BCUT2D eigenvalue weighted by Crippen LogP contribution is -2.48. The molecule has 154 valence electrons. The molecule has 1 fully saturated rings. The highest BCUT2D eigenvalue weighted by Crippen LogP contribution is 2.55. The summed E-state index contributed by atoms with van der Waals surface area (Å²) in [4.78, 5) is 8.77. The molecule has 1 N–H and O–H groups in total. The molecule has 30 heavy (non-hydrogen) atoms. The Morgan fingerprint density at radius 3 is 2.63 bits per heavy atom. The van der Waals surface area contributed by atoms with Gasteiger partial charge in [-0.1, -0.05) is 12.5 Å². The maximum atomic E-state index is 13.4. The summed E-state index contributed by atoms with van der Waals surface area (Å²) in [6, 6.07) is 10.3. The summed E-state index contributed by atoms with van der Waals surface area (Å²) in [6.07, 6.45) is 10.7. The van der Waals surface area contributed by atoms with Gasteiger partial charge in [-0.3, -0.25) is 4.98 Å². The fourth-order valence-corrected chi connectivity index (χ4v) is 5.58. The third kappa shape index (κ3) is 2.91. The second-order valence-electron chi connectivity index (χ2n) is 9.03. The SMILES string of the molecule is C[C@]12Cn3cnc(-c4ccc(F)cc4)c3C=C1CCC[C@@H]2[C@](C)(O)c1ccncc1. The molecule has 1 aromatic carbocycles. The minimum atomic E-state index is -0.949. The molecule has 4 nitrogen and oxygen atoms in total. The average molecular weight is 404 g/mol. The first kappa shape index (κ1) is 19.2. The standard InChI is InChI=1S/C25H26FN3O/c1-24-15-29-16-28-23(17-6-8-20(26)9-7-17)21(29)14-19(24)4-3-5-22(24)25(2,30)18-10-12-27-13-11-18/h6-14,16,22,30H,3-5,15H2,1-2H3/t22-,24-,25+/m0/s1. The van der Waals surface area contributed by atoms with E-state index in [0.717, 1.165) is 48.3 Å². The van der Waals surface area contributed by atoms with E-state index in [2.05, 4.69) is 27.5 Å². The van der Waals surface area contributed by atoms with E-state index in [1.807, 2.05) is 25.4 Å². The molecule has 2 aromatic heterocycles. The Hall–Kier alpha value is -2.79. The number of rotatable bonds is 3. The molecule has 2 aliphatic rings. The number of hydrogen-bond acceptors (Lipinski definition) is 3. The molecule has 5 heteroatoms. The van der Waals surface area contributed by atoms with Crippen molar-refractivity contribution >= 4 is 6.08 Å². The second kappa shape index (κ2) is 6.88. The Labute approximate surface area is 176 Å². The van der Waals surface area contributed by atoms with Crippen molar-refractivity contribution in [1.82, 2.24) is 14.5 Å². The molecule has 5 rings (SSSR count). The van der Waals surface area contributed by atoms with E-state index in [-0.39, 0.29) is 17.2 Å². The van der Waals surface area contributed by atoms with Gasteiger partial charge in [-0.15, -0.1) is 0 Å². The highest BCUT2D eigenvalue weighted by Gasteiger charge is 2.51. The summed E-state index contributed by atoms with van der Waals surface area (Å²) in [7, 11) is 0. The van der Waals surface area contributed by atoms with Gasteiger partial charge in [-0.2, -0.15) is 0 Å². The van der Waals surface area contributed by atoms with Gasteiger partial charge < -0.3 is 9.67 Å². The van der Waals surface area contributed by atoms with Crippen LogP contribution in [0.1, 0.15) is 44.4 Å². The summed E-state index contributed by atoms with van der Waals surface area (Å²) in [5, 5.41) is 11.7. The van der Waals surface area contributed by atoms with Gasteiger partial charge in [-0.05, 0) is 74.2 Å². The minimum Gasteiger partial charge on any atom is -0.385 e. The number of nitrogens with zero attached hydrogens (tertiary/aromatic N) is 3. The van der Waals surface area contributed by atoms with Gasteiger partial charge in [0.25, 0.3) is 0 Å². The van der Waals surface area contributed by atoms with E-state index in [4.69, 9.17) is 0 Å². The molecule has 3 aromatic rings. The Balaban J connectivity index is 1.56. The summed E-state index contributed by atoms with van der Waals surface area (Å²) < 4.78 is 15.6. The van der Waals surface area contributed by atoms with Gasteiger partial charge in [0.1, 0.15) is 5.82 Å². The van der Waals surface area contributed by atoms with E-state index >= 15 is 0 Å².